The van der Waals surface area contributed by atoms with E-state index in [1.165, 1.54) is 35.0 Å². The Morgan fingerprint density at radius 3 is 2.69 bits per heavy atom. The lowest BCUT2D eigenvalue weighted by Crippen LogP contribution is -1.98. The first-order valence-corrected chi connectivity index (χ1v) is 8.74. The second kappa shape index (κ2) is 8.01. The Morgan fingerprint density at radius 2 is 1.92 bits per heavy atom. The second-order valence-electron chi connectivity index (χ2n) is 6.52. The van der Waals surface area contributed by atoms with Gasteiger partial charge in [-0.25, -0.2) is 9.78 Å². The molecular formula is C20H23N3O3. The van der Waals surface area contributed by atoms with Gasteiger partial charge in [0.15, 0.2) is 0 Å². The first-order chi connectivity index (χ1) is 12.6. The molecule has 6 nitrogen and oxygen atoms in total. The summed E-state index contributed by atoms with van der Waals surface area (Å²) >= 11 is 0. The number of benzene rings is 2. The van der Waals surface area contributed by atoms with Crippen LogP contribution in [0.15, 0.2) is 55.0 Å². The van der Waals surface area contributed by atoms with Crippen LogP contribution in [-0.4, -0.2) is 32.5 Å². The van der Waals surface area contributed by atoms with Gasteiger partial charge in [-0.3, -0.25) is 0 Å². The third-order valence-corrected chi connectivity index (χ3v) is 4.73. The van der Waals surface area contributed by atoms with Crippen molar-refractivity contribution in [1.82, 2.24) is 9.55 Å². The van der Waals surface area contributed by atoms with Gasteiger partial charge in [-0.2, -0.15) is 0 Å². The molecule has 1 saturated carbocycles. The number of rotatable bonds is 5. The summed E-state index contributed by atoms with van der Waals surface area (Å²) in [4.78, 5) is 13.2. The summed E-state index contributed by atoms with van der Waals surface area (Å²) in [5.74, 6) is 1.43. The van der Waals surface area contributed by atoms with Crippen LogP contribution in [0.4, 0.5) is 4.79 Å². The van der Waals surface area contributed by atoms with Gasteiger partial charge < -0.3 is 20.5 Å². The fraction of sp³-hybridized carbons (Fsp3) is 0.300. The minimum absolute atomic E-state index is 0.641. The van der Waals surface area contributed by atoms with E-state index in [1.54, 1.807) is 0 Å². The normalized spacial score (nSPS) is 18.2. The molecule has 6 heteroatoms. The Kier molecular flexibility index (Phi) is 5.53. The Morgan fingerprint density at radius 1 is 1.19 bits per heavy atom. The van der Waals surface area contributed by atoms with Gasteiger partial charge >= 0.3 is 6.16 Å². The molecule has 136 valence electrons. The average Bonchev–Trinajstić information content (AvgIpc) is 3.24. The Hall–Kier alpha value is -2.86. The fourth-order valence-electron chi connectivity index (χ4n) is 3.40. The smallest absolute Gasteiger partial charge is 0.450 e. The number of carboxylic acid groups (broad SMARTS) is 2. The van der Waals surface area contributed by atoms with Crippen LogP contribution >= 0.6 is 0 Å². The molecule has 0 bridgehead atoms. The minimum Gasteiger partial charge on any atom is -0.450 e. The molecule has 3 aromatic rings. The molecule has 2 unspecified atom stereocenters. The molecule has 0 radical (unpaired) electrons. The van der Waals surface area contributed by atoms with E-state index in [-0.39, 0.29) is 0 Å². The summed E-state index contributed by atoms with van der Waals surface area (Å²) in [6, 6.07) is 14.9. The molecule has 0 spiro atoms. The summed E-state index contributed by atoms with van der Waals surface area (Å²) in [5, 5.41) is 16.5. The summed E-state index contributed by atoms with van der Waals surface area (Å²) in [6.07, 6.45) is 5.96. The largest absolute Gasteiger partial charge is 0.503 e. The topological polar surface area (TPSA) is 101 Å². The first kappa shape index (κ1) is 17.9. The lowest BCUT2D eigenvalue weighted by molar-refractivity contribution is 0.137. The molecule has 1 heterocycles. The lowest BCUT2D eigenvalue weighted by Gasteiger charge is -2.06. The van der Waals surface area contributed by atoms with E-state index in [0.717, 1.165) is 18.9 Å². The number of imidazole rings is 1. The van der Waals surface area contributed by atoms with E-state index in [9.17, 15) is 0 Å². The second-order valence-corrected chi connectivity index (χ2v) is 6.52. The maximum Gasteiger partial charge on any atom is 0.503 e. The highest BCUT2D eigenvalue weighted by atomic mass is 16.6. The number of carbonyl (C=O) groups is 1. The van der Waals surface area contributed by atoms with E-state index in [2.05, 4.69) is 58.2 Å². The van der Waals surface area contributed by atoms with Crippen molar-refractivity contribution in [2.75, 3.05) is 6.54 Å². The number of aromatic nitrogens is 2. The number of nitrogens with two attached hydrogens (primary N) is 1. The molecule has 4 rings (SSSR count). The Labute approximate surface area is 151 Å². The van der Waals surface area contributed by atoms with Crippen LogP contribution in [-0.2, 0) is 0 Å². The summed E-state index contributed by atoms with van der Waals surface area (Å²) in [7, 11) is 0. The van der Waals surface area contributed by atoms with Crippen LogP contribution in [0.25, 0.3) is 16.5 Å². The standard InChI is InChI=1S/C19H21N3.CH2O3/c20-10-4-7-15-11-17(15)18-12-22(13-21-18)19-9-3-6-14-5-1-2-8-16(14)19;2-1(3)4/h1-3,5-6,8-9,12-13,15,17H,4,7,10-11,20H2;(H2,2,3,4). The number of nitrogens with zero attached hydrogens (tertiary/aromatic N) is 2. The predicted molar refractivity (Wildman–Crippen MR) is 101 cm³/mol. The highest BCUT2D eigenvalue weighted by Crippen LogP contribution is 2.49. The molecule has 1 fully saturated rings. The molecule has 26 heavy (non-hydrogen) atoms. The quantitative estimate of drug-likeness (QED) is 0.641. The molecule has 2 aromatic carbocycles. The van der Waals surface area contributed by atoms with Gasteiger partial charge in [0.05, 0.1) is 17.7 Å². The molecule has 2 atom stereocenters. The lowest BCUT2D eigenvalue weighted by atomic mass is 10.1. The van der Waals surface area contributed by atoms with Crippen molar-refractivity contribution < 1.29 is 15.0 Å². The number of hydrogen-bond acceptors (Lipinski definition) is 3. The monoisotopic (exact) mass is 353 g/mol. The fourth-order valence-corrected chi connectivity index (χ4v) is 3.40. The van der Waals surface area contributed by atoms with Gasteiger partial charge in [0.2, 0.25) is 0 Å². The summed E-state index contributed by atoms with van der Waals surface area (Å²) in [6.45, 7) is 0.799. The first-order valence-electron chi connectivity index (χ1n) is 8.74. The molecule has 1 aliphatic rings. The maximum atomic E-state index is 8.56. The van der Waals surface area contributed by atoms with Crippen molar-refractivity contribution in [1.29, 1.82) is 0 Å². The molecule has 0 amide bonds. The minimum atomic E-state index is -1.83. The zero-order valence-corrected chi connectivity index (χ0v) is 14.5. The predicted octanol–water partition coefficient (Wildman–Crippen LogP) is 4.09. The van der Waals surface area contributed by atoms with Crippen molar-refractivity contribution >= 4 is 16.9 Å². The maximum absolute atomic E-state index is 8.56. The van der Waals surface area contributed by atoms with E-state index in [0.29, 0.717) is 5.92 Å². The third kappa shape index (κ3) is 4.21. The SMILES string of the molecule is NCCCC1CC1c1cn(-c2cccc3ccccc23)cn1.O=C(O)O. The number of fused-ring (bicyclic) bond motifs is 1. The highest BCUT2D eigenvalue weighted by Gasteiger charge is 2.39. The molecule has 1 aromatic heterocycles. The van der Waals surface area contributed by atoms with Crippen LogP contribution in [0.1, 0.15) is 30.9 Å². The molecule has 4 N–H and O–H groups in total. The van der Waals surface area contributed by atoms with Crippen LogP contribution in [0, 0.1) is 5.92 Å². The summed E-state index contributed by atoms with van der Waals surface area (Å²) in [5.41, 5.74) is 8.04. The Bertz CT molecular complexity index is 881. The van der Waals surface area contributed by atoms with Gasteiger partial charge in [0.1, 0.15) is 0 Å². The zero-order valence-electron chi connectivity index (χ0n) is 14.5. The van der Waals surface area contributed by atoms with Crippen molar-refractivity contribution in [2.45, 2.75) is 25.2 Å². The molecule has 0 saturated heterocycles. The Balaban J connectivity index is 0.000000447. The van der Waals surface area contributed by atoms with E-state index in [1.807, 2.05) is 6.33 Å². The van der Waals surface area contributed by atoms with Crippen molar-refractivity contribution in [2.24, 2.45) is 11.7 Å². The van der Waals surface area contributed by atoms with Crippen LogP contribution in [0.5, 0.6) is 0 Å². The highest BCUT2D eigenvalue weighted by molar-refractivity contribution is 5.90. The number of hydrogen-bond donors (Lipinski definition) is 3. The van der Waals surface area contributed by atoms with Crippen molar-refractivity contribution in [3.63, 3.8) is 0 Å². The average molecular weight is 353 g/mol. The van der Waals surface area contributed by atoms with E-state index < -0.39 is 6.16 Å². The van der Waals surface area contributed by atoms with Gasteiger partial charge in [-0.05, 0) is 43.2 Å². The summed E-state index contributed by atoms with van der Waals surface area (Å²) < 4.78 is 2.16. The molecular weight excluding hydrogens is 330 g/mol. The van der Waals surface area contributed by atoms with Gasteiger partial charge in [-0.1, -0.05) is 36.4 Å². The van der Waals surface area contributed by atoms with E-state index in [4.69, 9.17) is 20.7 Å². The van der Waals surface area contributed by atoms with Gasteiger partial charge in [0.25, 0.3) is 0 Å². The van der Waals surface area contributed by atoms with Crippen molar-refractivity contribution in [3.8, 4) is 5.69 Å². The molecule has 0 aliphatic heterocycles. The van der Waals surface area contributed by atoms with Gasteiger partial charge in [-0.15, -0.1) is 0 Å². The van der Waals surface area contributed by atoms with Crippen LogP contribution < -0.4 is 5.73 Å². The van der Waals surface area contributed by atoms with Crippen LogP contribution in [0.2, 0.25) is 0 Å². The van der Waals surface area contributed by atoms with Crippen molar-refractivity contribution in [3.05, 3.63) is 60.7 Å². The third-order valence-electron chi connectivity index (χ3n) is 4.73. The van der Waals surface area contributed by atoms with Crippen LogP contribution in [0.3, 0.4) is 0 Å². The molecule has 1 aliphatic carbocycles. The van der Waals surface area contributed by atoms with Gasteiger partial charge in [0, 0.05) is 17.5 Å². The van der Waals surface area contributed by atoms with E-state index >= 15 is 0 Å². The zero-order chi connectivity index (χ0) is 18.5.